The summed E-state index contributed by atoms with van der Waals surface area (Å²) in [5.41, 5.74) is 1.42. The van der Waals surface area contributed by atoms with Crippen LogP contribution in [0, 0.1) is 0 Å². The smallest absolute Gasteiger partial charge is 0.260 e. The van der Waals surface area contributed by atoms with E-state index in [0.29, 0.717) is 17.1 Å². The van der Waals surface area contributed by atoms with Crippen LogP contribution in [0.15, 0.2) is 59.1 Å². The van der Waals surface area contributed by atoms with Gasteiger partial charge in [0, 0.05) is 0 Å². The van der Waals surface area contributed by atoms with Gasteiger partial charge in [0.05, 0.1) is 12.7 Å². The van der Waals surface area contributed by atoms with E-state index in [1.54, 1.807) is 19.2 Å². The quantitative estimate of drug-likeness (QED) is 0.797. The third-order valence-corrected chi connectivity index (χ3v) is 3.14. The van der Waals surface area contributed by atoms with E-state index in [9.17, 15) is 5.11 Å². The summed E-state index contributed by atoms with van der Waals surface area (Å²) in [6, 6.07) is 16.6. The van der Waals surface area contributed by atoms with Crippen LogP contribution in [0.25, 0.3) is 11.4 Å². The molecular weight excluding hydrogens is 268 g/mol. The number of hydrogen-bond acceptors (Lipinski definition) is 5. The average molecular weight is 282 g/mol. The van der Waals surface area contributed by atoms with Crippen LogP contribution in [-0.2, 0) is 0 Å². The predicted molar refractivity (Wildman–Crippen MR) is 76.8 cm³/mol. The van der Waals surface area contributed by atoms with Gasteiger partial charge >= 0.3 is 0 Å². The number of para-hydroxylation sites is 1. The summed E-state index contributed by atoms with van der Waals surface area (Å²) >= 11 is 0. The summed E-state index contributed by atoms with van der Waals surface area (Å²) in [6.07, 6.45) is -0.942. The molecule has 1 N–H and O–H groups in total. The van der Waals surface area contributed by atoms with Gasteiger partial charge in [0.15, 0.2) is 6.10 Å². The monoisotopic (exact) mass is 282 g/mol. The Balaban J connectivity index is 1.93. The van der Waals surface area contributed by atoms with Gasteiger partial charge in [-0.05, 0) is 17.7 Å². The van der Waals surface area contributed by atoms with E-state index >= 15 is 0 Å². The molecule has 0 radical (unpaired) electrons. The molecule has 0 saturated carbocycles. The van der Waals surface area contributed by atoms with Crippen molar-refractivity contribution in [3.05, 3.63) is 66.1 Å². The second-order valence-corrected chi connectivity index (χ2v) is 4.47. The summed E-state index contributed by atoms with van der Waals surface area (Å²) in [6.45, 7) is 0. The third-order valence-electron chi connectivity index (χ3n) is 3.14. The summed E-state index contributed by atoms with van der Waals surface area (Å²) in [4.78, 5) is 4.26. The maximum Gasteiger partial charge on any atom is 0.260 e. The highest BCUT2D eigenvalue weighted by Gasteiger charge is 2.19. The molecule has 0 aliphatic carbocycles. The van der Waals surface area contributed by atoms with E-state index in [1.807, 2.05) is 42.5 Å². The molecule has 1 unspecified atom stereocenters. The Kier molecular flexibility index (Phi) is 3.66. The number of nitrogens with zero attached hydrogens (tertiary/aromatic N) is 2. The van der Waals surface area contributed by atoms with Crippen LogP contribution in [0.5, 0.6) is 5.75 Å². The number of aromatic nitrogens is 2. The van der Waals surface area contributed by atoms with Crippen molar-refractivity contribution < 1.29 is 14.4 Å². The second kappa shape index (κ2) is 5.76. The Morgan fingerprint density at radius 2 is 1.76 bits per heavy atom. The lowest BCUT2D eigenvalue weighted by molar-refractivity contribution is 0.170. The molecule has 21 heavy (non-hydrogen) atoms. The Hall–Kier alpha value is -2.66. The van der Waals surface area contributed by atoms with Crippen LogP contribution in [0.4, 0.5) is 0 Å². The van der Waals surface area contributed by atoms with Crippen LogP contribution in [0.3, 0.4) is 0 Å². The number of benzene rings is 2. The van der Waals surface area contributed by atoms with Gasteiger partial charge in [-0.1, -0.05) is 47.6 Å². The Morgan fingerprint density at radius 3 is 2.52 bits per heavy atom. The van der Waals surface area contributed by atoms with E-state index < -0.39 is 6.10 Å². The van der Waals surface area contributed by atoms with E-state index in [0.717, 1.165) is 5.56 Å². The minimum atomic E-state index is -0.942. The van der Waals surface area contributed by atoms with Crippen LogP contribution in [0.2, 0.25) is 0 Å². The van der Waals surface area contributed by atoms with Crippen LogP contribution in [0.1, 0.15) is 17.6 Å². The second-order valence-electron chi connectivity index (χ2n) is 4.47. The lowest BCUT2D eigenvalue weighted by Gasteiger charge is -2.05. The molecular formula is C16H14N2O3. The first-order chi connectivity index (χ1) is 10.3. The van der Waals surface area contributed by atoms with E-state index in [1.165, 1.54) is 0 Å². The molecule has 0 saturated heterocycles. The van der Waals surface area contributed by atoms with Crippen LogP contribution in [-0.4, -0.2) is 22.4 Å². The molecule has 2 aromatic carbocycles. The molecule has 0 aliphatic heterocycles. The Bertz CT molecular complexity index is 725. The first kappa shape index (κ1) is 13.3. The van der Waals surface area contributed by atoms with Crippen molar-refractivity contribution in [1.82, 2.24) is 10.1 Å². The summed E-state index contributed by atoms with van der Waals surface area (Å²) < 4.78 is 10.4. The fraction of sp³-hybridized carbons (Fsp3) is 0.125. The van der Waals surface area contributed by atoms with Gasteiger partial charge in [0.1, 0.15) is 5.75 Å². The van der Waals surface area contributed by atoms with Crippen molar-refractivity contribution in [2.45, 2.75) is 6.10 Å². The zero-order valence-electron chi connectivity index (χ0n) is 11.4. The molecule has 0 aliphatic rings. The molecule has 1 atom stereocenters. The summed E-state index contributed by atoms with van der Waals surface area (Å²) in [5, 5.41) is 14.2. The highest BCUT2D eigenvalue weighted by atomic mass is 16.5. The minimum absolute atomic E-state index is 0.155. The van der Waals surface area contributed by atoms with E-state index in [4.69, 9.17) is 9.26 Å². The maximum absolute atomic E-state index is 10.3. The zero-order chi connectivity index (χ0) is 14.7. The maximum atomic E-state index is 10.3. The molecule has 1 heterocycles. The third kappa shape index (κ3) is 2.64. The zero-order valence-corrected chi connectivity index (χ0v) is 11.4. The van der Waals surface area contributed by atoms with Gasteiger partial charge < -0.3 is 14.4 Å². The first-order valence-electron chi connectivity index (χ1n) is 6.49. The molecule has 1 aromatic heterocycles. The molecule has 0 fully saturated rings. The standard InChI is InChI=1S/C16H14N2O3/c1-20-13-10-6-5-9-12(13)15-17-16(21-18-15)14(19)11-7-3-2-4-8-11/h2-10,14,19H,1H3. The van der Waals surface area contributed by atoms with Gasteiger partial charge in [0.25, 0.3) is 5.89 Å². The van der Waals surface area contributed by atoms with Gasteiger partial charge in [0.2, 0.25) is 5.82 Å². The van der Waals surface area contributed by atoms with Crippen molar-refractivity contribution in [2.24, 2.45) is 0 Å². The van der Waals surface area contributed by atoms with Crippen molar-refractivity contribution in [2.75, 3.05) is 7.11 Å². The fourth-order valence-electron chi connectivity index (χ4n) is 2.06. The normalized spacial score (nSPS) is 12.1. The largest absolute Gasteiger partial charge is 0.496 e. The highest BCUT2D eigenvalue weighted by molar-refractivity contribution is 5.63. The van der Waals surface area contributed by atoms with Crippen molar-refractivity contribution in [1.29, 1.82) is 0 Å². The molecule has 0 bridgehead atoms. The minimum Gasteiger partial charge on any atom is -0.496 e. The lowest BCUT2D eigenvalue weighted by atomic mass is 10.1. The molecule has 5 nitrogen and oxygen atoms in total. The summed E-state index contributed by atoms with van der Waals surface area (Å²) in [5.74, 6) is 1.19. The number of aliphatic hydroxyl groups excluding tert-OH is 1. The molecule has 3 aromatic rings. The van der Waals surface area contributed by atoms with Crippen LogP contribution >= 0.6 is 0 Å². The van der Waals surface area contributed by atoms with Gasteiger partial charge in [-0.3, -0.25) is 0 Å². The lowest BCUT2D eigenvalue weighted by Crippen LogP contribution is -1.99. The van der Waals surface area contributed by atoms with Gasteiger partial charge in [-0.2, -0.15) is 4.98 Å². The molecule has 0 spiro atoms. The Morgan fingerprint density at radius 1 is 1.05 bits per heavy atom. The first-order valence-corrected chi connectivity index (χ1v) is 6.49. The van der Waals surface area contributed by atoms with E-state index in [-0.39, 0.29) is 5.89 Å². The molecule has 3 rings (SSSR count). The predicted octanol–water partition coefficient (Wildman–Crippen LogP) is 2.83. The average Bonchev–Trinajstić information content (AvgIpc) is 3.04. The summed E-state index contributed by atoms with van der Waals surface area (Å²) in [7, 11) is 1.58. The highest BCUT2D eigenvalue weighted by Crippen LogP contribution is 2.29. The van der Waals surface area contributed by atoms with Crippen molar-refractivity contribution in [3.63, 3.8) is 0 Å². The number of methoxy groups -OCH3 is 1. The molecule has 106 valence electrons. The topological polar surface area (TPSA) is 68.4 Å². The number of ether oxygens (including phenoxy) is 1. The van der Waals surface area contributed by atoms with Crippen LogP contribution < -0.4 is 4.74 Å². The number of aliphatic hydroxyl groups is 1. The van der Waals surface area contributed by atoms with Crippen molar-refractivity contribution in [3.8, 4) is 17.1 Å². The fourth-order valence-corrected chi connectivity index (χ4v) is 2.06. The van der Waals surface area contributed by atoms with Crippen molar-refractivity contribution >= 4 is 0 Å². The number of rotatable bonds is 4. The molecule has 0 amide bonds. The Labute approximate surface area is 121 Å². The van der Waals surface area contributed by atoms with Gasteiger partial charge in [-0.15, -0.1) is 0 Å². The van der Waals surface area contributed by atoms with Gasteiger partial charge in [-0.25, -0.2) is 0 Å². The SMILES string of the molecule is COc1ccccc1-c1noc(C(O)c2ccccc2)n1. The van der Waals surface area contributed by atoms with E-state index in [2.05, 4.69) is 10.1 Å². The molecule has 5 heteroatoms. The number of hydrogen-bond donors (Lipinski definition) is 1.